The van der Waals surface area contributed by atoms with Crippen LogP contribution in [0.15, 0.2) is 52.1 Å². The van der Waals surface area contributed by atoms with E-state index in [1.54, 1.807) is 27.2 Å². The molecule has 26 heavy (non-hydrogen) atoms. The highest BCUT2D eigenvalue weighted by Crippen LogP contribution is 2.08. The molecule has 1 aromatic carbocycles. The van der Waals surface area contributed by atoms with Gasteiger partial charge in [0.05, 0.1) is 18.6 Å². The van der Waals surface area contributed by atoms with Gasteiger partial charge in [-0.25, -0.2) is 13.1 Å². The summed E-state index contributed by atoms with van der Waals surface area (Å²) in [7, 11) is -1.61. The maximum absolute atomic E-state index is 12.0. The minimum Gasteiger partial charge on any atom is -0.467 e. The van der Waals surface area contributed by atoms with Crippen LogP contribution in [-0.2, 0) is 28.9 Å². The predicted octanol–water partition coefficient (Wildman–Crippen LogP) is 1.97. The summed E-state index contributed by atoms with van der Waals surface area (Å²) in [4.78, 5) is 4.16. The van der Waals surface area contributed by atoms with Crippen molar-refractivity contribution in [1.82, 2.24) is 15.4 Å². The van der Waals surface area contributed by atoms with Crippen LogP contribution in [0, 0.1) is 0 Å². The summed E-state index contributed by atoms with van der Waals surface area (Å²) in [5.41, 5.74) is 1.78. The van der Waals surface area contributed by atoms with Crippen molar-refractivity contribution in [3.63, 3.8) is 0 Å². The van der Waals surface area contributed by atoms with Gasteiger partial charge in [-0.05, 0) is 37.1 Å². The van der Waals surface area contributed by atoms with Crippen LogP contribution in [-0.4, -0.2) is 27.5 Å². The van der Waals surface area contributed by atoms with Gasteiger partial charge in [-0.1, -0.05) is 24.3 Å². The number of nitrogens with zero attached hydrogens (tertiary/aromatic N) is 1. The molecule has 0 amide bonds. The molecule has 0 atom stereocenters. The van der Waals surface area contributed by atoms with Gasteiger partial charge in [-0.3, -0.25) is 4.99 Å². The van der Waals surface area contributed by atoms with Crippen molar-refractivity contribution in [3.05, 3.63) is 59.5 Å². The zero-order chi connectivity index (χ0) is 19.0. The Hall–Kier alpha value is -2.32. The number of sulfonamides is 1. The van der Waals surface area contributed by atoms with Gasteiger partial charge in [-0.2, -0.15) is 0 Å². The predicted molar refractivity (Wildman–Crippen MR) is 103 cm³/mol. The maximum atomic E-state index is 12.0. The van der Waals surface area contributed by atoms with Crippen LogP contribution >= 0.6 is 0 Å². The van der Waals surface area contributed by atoms with Crippen LogP contribution in [0.2, 0.25) is 0 Å². The first-order valence-corrected chi connectivity index (χ1v) is 10.1. The molecular formula is C18H26N4O3S. The van der Waals surface area contributed by atoms with Crippen LogP contribution in [0.5, 0.6) is 0 Å². The minimum absolute atomic E-state index is 0.0226. The molecule has 3 N–H and O–H groups in total. The summed E-state index contributed by atoms with van der Waals surface area (Å²) in [5, 5.41) is 6.37. The Morgan fingerprint density at radius 2 is 1.73 bits per heavy atom. The number of hydrogen-bond donors (Lipinski definition) is 3. The fourth-order valence-corrected chi connectivity index (χ4v) is 3.80. The second kappa shape index (κ2) is 9.40. The fourth-order valence-electron chi connectivity index (χ4n) is 2.36. The second-order valence-corrected chi connectivity index (χ2v) is 7.96. The highest BCUT2D eigenvalue weighted by Gasteiger charge is 2.12. The van der Waals surface area contributed by atoms with E-state index in [9.17, 15) is 8.42 Å². The lowest BCUT2D eigenvalue weighted by molar-refractivity contribution is 0.501. The van der Waals surface area contributed by atoms with Gasteiger partial charge in [-0.15, -0.1) is 0 Å². The highest BCUT2D eigenvalue weighted by atomic mass is 32.2. The largest absolute Gasteiger partial charge is 0.467 e. The molecule has 0 radical (unpaired) electrons. The van der Waals surface area contributed by atoms with E-state index in [4.69, 9.17) is 4.42 Å². The number of benzene rings is 1. The van der Waals surface area contributed by atoms with Gasteiger partial charge in [0.1, 0.15) is 5.76 Å². The Labute approximate surface area is 155 Å². The summed E-state index contributed by atoms with van der Waals surface area (Å²) < 4.78 is 31.8. The van der Waals surface area contributed by atoms with Gasteiger partial charge >= 0.3 is 0 Å². The van der Waals surface area contributed by atoms with Crippen molar-refractivity contribution >= 4 is 16.0 Å². The van der Waals surface area contributed by atoms with E-state index in [-0.39, 0.29) is 11.8 Å². The van der Waals surface area contributed by atoms with Gasteiger partial charge in [0.15, 0.2) is 5.96 Å². The van der Waals surface area contributed by atoms with Crippen LogP contribution in [0.1, 0.15) is 30.7 Å². The average molecular weight is 378 g/mol. The standard InChI is InChI=1S/C18H26N4O3S/c1-14(2)22-26(23,24)13-16-8-6-15(7-9-16)11-20-18(19-3)21-12-17-5-4-10-25-17/h4-10,14,22H,11-13H2,1-3H3,(H2,19,20,21). The second-order valence-electron chi connectivity index (χ2n) is 6.21. The lowest BCUT2D eigenvalue weighted by Gasteiger charge is -2.12. The third-order valence-electron chi connectivity index (χ3n) is 3.49. The number of nitrogens with one attached hydrogen (secondary N) is 3. The maximum Gasteiger partial charge on any atom is 0.216 e. The fraction of sp³-hybridized carbons (Fsp3) is 0.389. The van der Waals surface area contributed by atoms with Crippen molar-refractivity contribution in [2.24, 2.45) is 4.99 Å². The molecule has 0 aliphatic heterocycles. The lowest BCUT2D eigenvalue weighted by atomic mass is 10.1. The molecule has 0 aliphatic rings. The Kier molecular flexibility index (Phi) is 7.23. The SMILES string of the molecule is CN=C(NCc1ccc(CS(=O)(=O)NC(C)C)cc1)NCc1ccco1. The first-order chi connectivity index (χ1) is 12.4. The summed E-state index contributed by atoms with van der Waals surface area (Å²) in [6.07, 6.45) is 1.63. The van der Waals surface area contributed by atoms with Crippen LogP contribution in [0.25, 0.3) is 0 Å². The van der Waals surface area contributed by atoms with Crippen LogP contribution < -0.4 is 15.4 Å². The molecule has 142 valence electrons. The average Bonchev–Trinajstić information content (AvgIpc) is 3.08. The summed E-state index contributed by atoms with van der Waals surface area (Å²) >= 11 is 0. The molecule has 7 nitrogen and oxygen atoms in total. The number of hydrogen-bond acceptors (Lipinski definition) is 4. The van der Waals surface area contributed by atoms with E-state index in [2.05, 4.69) is 20.3 Å². The van der Waals surface area contributed by atoms with Gasteiger partial charge in [0, 0.05) is 19.6 Å². The van der Waals surface area contributed by atoms with Crippen LogP contribution in [0.3, 0.4) is 0 Å². The zero-order valence-electron chi connectivity index (χ0n) is 15.3. The Morgan fingerprint density at radius 1 is 1.08 bits per heavy atom. The smallest absolute Gasteiger partial charge is 0.216 e. The molecule has 0 aliphatic carbocycles. The van der Waals surface area contributed by atoms with E-state index in [0.717, 1.165) is 16.9 Å². The highest BCUT2D eigenvalue weighted by molar-refractivity contribution is 7.88. The first-order valence-electron chi connectivity index (χ1n) is 8.42. The van der Waals surface area contributed by atoms with E-state index in [1.165, 1.54) is 0 Å². The molecule has 1 aromatic heterocycles. The third-order valence-corrected chi connectivity index (χ3v) is 5.03. The number of aliphatic imine (C=N–C) groups is 1. The Balaban J connectivity index is 1.84. The number of furan rings is 1. The van der Waals surface area contributed by atoms with E-state index >= 15 is 0 Å². The summed E-state index contributed by atoms with van der Waals surface area (Å²) in [6.45, 7) is 4.74. The van der Waals surface area contributed by atoms with E-state index < -0.39 is 10.0 Å². The molecule has 8 heteroatoms. The lowest BCUT2D eigenvalue weighted by Crippen LogP contribution is -2.36. The zero-order valence-corrected chi connectivity index (χ0v) is 16.1. The molecule has 1 heterocycles. The van der Waals surface area contributed by atoms with Gasteiger partial charge in [0.2, 0.25) is 10.0 Å². The quantitative estimate of drug-likeness (QED) is 0.482. The van der Waals surface area contributed by atoms with Crippen molar-refractivity contribution in [2.75, 3.05) is 7.05 Å². The van der Waals surface area contributed by atoms with Crippen molar-refractivity contribution in [3.8, 4) is 0 Å². The molecule has 2 aromatic rings. The Morgan fingerprint density at radius 3 is 2.31 bits per heavy atom. The molecule has 0 saturated carbocycles. The first kappa shape index (κ1) is 20.0. The van der Waals surface area contributed by atoms with E-state index in [0.29, 0.717) is 19.0 Å². The monoisotopic (exact) mass is 378 g/mol. The van der Waals surface area contributed by atoms with Gasteiger partial charge < -0.3 is 15.1 Å². The minimum atomic E-state index is -3.31. The topological polar surface area (TPSA) is 95.7 Å². The molecule has 0 bridgehead atoms. The molecule has 0 unspecified atom stereocenters. The summed E-state index contributed by atoms with van der Waals surface area (Å²) in [5.74, 6) is 1.47. The van der Waals surface area contributed by atoms with Crippen LogP contribution in [0.4, 0.5) is 0 Å². The summed E-state index contributed by atoms with van der Waals surface area (Å²) in [6, 6.07) is 11.1. The molecule has 0 saturated heterocycles. The third kappa shape index (κ3) is 6.89. The number of guanidine groups is 1. The molecule has 0 spiro atoms. The number of rotatable bonds is 8. The van der Waals surface area contributed by atoms with Crippen molar-refractivity contribution < 1.29 is 12.8 Å². The van der Waals surface area contributed by atoms with E-state index in [1.807, 2.05) is 36.4 Å². The van der Waals surface area contributed by atoms with Crippen molar-refractivity contribution in [1.29, 1.82) is 0 Å². The van der Waals surface area contributed by atoms with Gasteiger partial charge in [0.25, 0.3) is 0 Å². The molecule has 2 rings (SSSR count). The molecular weight excluding hydrogens is 352 g/mol. The van der Waals surface area contributed by atoms with Crippen molar-refractivity contribution in [2.45, 2.75) is 38.7 Å². The Bertz CT molecular complexity index is 797. The molecule has 0 fully saturated rings. The normalized spacial score (nSPS) is 12.4.